The first kappa shape index (κ1) is 16.3. The Labute approximate surface area is 154 Å². The number of amides is 1. The highest BCUT2D eigenvalue weighted by atomic mass is 16.7. The van der Waals surface area contributed by atoms with Crippen molar-refractivity contribution in [2.45, 2.75) is 58.0 Å². The fraction of sp³-hybridized carbons (Fsp3) is 0.750. The lowest BCUT2D eigenvalue weighted by atomic mass is 9.75. The lowest BCUT2D eigenvalue weighted by Crippen LogP contribution is -2.33. The molecule has 2 saturated carbocycles. The van der Waals surface area contributed by atoms with Gasteiger partial charge in [0.15, 0.2) is 0 Å². The van der Waals surface area contributed by atoms with Gasteiger partial charge in [-0.15, -0.1) is 0 Å². The largest absolute Gasteiger partial charge is 0.389 e. The fourth-order valence-electron chi connectivity index (χ4n) is 5.08. The highest BCUT2D eigenvalue weighted by Crippen LogP contribution is 2.54. The van der Waals surface area contributed by atoms with E-state index in [-0.39, 0.29) is 11.5 Å². The maximum atomic E-state index is 12.8. The van der Waals surface area contributed by atoms with Gasteiger partial charge in [-0.05, 0) is 50.5 Å². The molecule has 1 aromatic rings. The van der Waals surface area contributed by atoms with Crippen molar-refractivity contribution in [2.75, 3.05) is 13.1 Å². The molecule has 6 heteroatoms. The van der Waals surface area contributed by atoms with Crippen LogP contribution < -0.4 is 0 Å². The SMILES string of the molecule is CC(c1cc(C(=O)N2C[C@@H]3C(C4=NOC(C)(C)C4)[C@@H]3C2)n[nH]1)C1CCC1. The first-order valence-corrected chi connectivity index (χ1v) is 10.0. The number of nitrogens with one attached hydrogen (secondary N) is 1. The molecule has 6 nitrogen and oxygen atoms in total. The number of hydrogen-bond donors (Lipinski definition) is 1. The smallest absolute Gasteiger partial charge is 0.274 e. The normalized spacial score (nSPS) is 33.3. The van der Waals surface area contributed by atoms with Crippen LogP contribution in [0.5, 0.6) is 0 Å². The molecule has 2 aliphatic carbocycles. The molecule has 0 spiro atoms. The van der Waals surface area contributed by atoms with Crippen molar-refractivity contribution in [2.24, 2.45) is 28.8 Å². The number of nitrogens with zero attached hydrogens (tertiary/aromatic N) is 3. The van der Waals surface area contributed by atoms with Crippen molar-refractivity contribution in [3.05, 3.63) is 17.5 Å². The zero-order valence-corrected chi connectivity index (χ0v) is 15.9. The molecule has 1 aromatic heterocycles. The van der Waals surface area contributed by atoms with E-state index in [1.807, 2.05) is 11.0 Å². The molecular weight excluding hydrogens is 328 g/mol. The number of rotatable bonds is 4. The number of oxime groups is 1. The van der Waals surface area contributed by atoms with Crippen LogP contribution in [0.25, 0.3) is 0 Å². The number of H-pyrrole nitrogens is 1. The molecule has 1 amide bonds. The van der Waals surface area contributed by atoms with Gasteiger partial charge < -0.3 is 9.74 Å². The van der Waals surface area contributed by atoms with E-state index in [1.165, 1.54) is 25.0 Å². The Morgan fingerprint density at radius 3 is 2.65 bits per heavy atom. The minimum atomic E-state index is -0.162. The molecule has 2 unspecified atom stereocenters. The van der Waals surface area contributed by atoms with Crippen LogP contribution in [-0.4, -0.2) is 45.4 Å². The van der Waals surface area contributed by atoms with E-state index in [0.717, 1.165) is 31.1 Å². The first-order chi connectivity index (χ1) is 12.4. The zero-order chi connectivity index (χ0) is 18.1. The van der Waals surface area contributed by atoms with Gasteiger partial charge >= 0.3 is 0 Å². The highest BCUT2D eigenvalue weighted by molar-refractivity contribution is 5.94. The van der Waals surface area contributed by atoms with E-state index in [1.54, 1.807) is 0 Å². The second-order valence-electron chi connectivity index (χ2n) is 9.36. The summed E-state index contributed by atoms with van der Waals surface area (Å²) in [5.41, 5.74) is 2.73. The van der Waals surface area contributed by atoms with Gasteiger partial charge in [0, 0.05) is 37.0 Å². The van der Waals surface area contributed by atoms with Gasteiger partial charge in [0.2, 0.25) is 0 Å². The molecule has 1 saturated heterocycles. The number of piperidine rings is 1. The van der Waals surface area contributed by atoms with E-state index in [2.05, 4.69) is 36.1 Å². The Balaban J connectivity index is 1.19. The first-order valence-electron chi connectivity index (χ1n) is 10.0. The van der Waals surface area contributed by atoms with Gasteiger partial charge in [0.25, 0.3) is 5.91 Å². The molecule has 4 atom stereocenters. The molecule has 0 aromatic carbocycles. The lowest BCUT2D eigenvalue weighted by Gasteiger charge is -2.30. The number of hydrogen-bond acceptors (Lipinski definition) is 4. The average molecular weight is 356 g/mol. The number of carbonyl (C=O) groups is 1. The zero-order valence-electron chi connectivity index (χ0n) is 15.9. The molecule has 26 heavy (non-hydrogen) atoms. The van der Waals surface area contributed by atoms with E-state index in [0.29, 0.717) is 29.4 Å². The van der Waals surface area contributed by atoms with E-state index < -0.39 is 0 Å². The quantitative estimate of drug-likeness (QED) is 0.901. The van der Waals surface area contributed by atoms with Crippen LogP contribution in [0.1, 0.15) is 68.6 Å². The van der Waals surface area contributed by atoms with Gasteiger partial charge in [-0.2, -0.15) is 5.10 Å². The van der Waals surface area contributed by atoms with Crippen molar-refractivity contribution >= 4 is 11.6 Å². The average Bonchev–Trinajstić information content (AvgIpc) is 2.99. The fourth-order valence-corrected chi connectivity index (χ4v) is 5.08. The Hall–Kier alpha value is -1.85. The minimum Gasteiger partial charge on any atom is -0.389 e. The van der Waals surface area contributed by atoms with E-state index >= 15 is 0 Å². The van der Waals surface area contributed by atoms with Crippen LogP contribution in [0.4, 0.5) is 0 Å². The maximum Gasteiger partial charge on any atom is 0.274 e. The molecule has 3 fully saturated rings. The Kier molecular flexibility index (Phi) is 3.50. The Bertz CT molecular complexity index is 752. The van der Waals surface area contributed by atoms with Gasteiger partial charge in [0.05, 0.1) is 5.71 Å². The third kappa shape index (κ3) is 2.57. The van der Waals surface area contributed by atoms with Crippen LogP contribution in [0.2, 0.25) is 0 Å². The van der Waals surface area contributed by atoms with E-state index in [4.69, 9.17) is 4.84 Å². The number of aromatic amines is 1. The topological polar surface area (TPSA) is 70.6 Å². The summed E-state index contributed by atoms with van der Waals surface area (Å²) >= 11 is 0. The summed E-state index contributed by atoms with van der Waals surface area (Å²) in [7, 11) is 0. The summed E-state index contributed by atoms with van der Waals surface area (Å²) in [5, 5.41) is 11.7. The predicted octanol–water partition coefficient (Wildman–Crippen LogP) is 3.19. The van der Waals surface area contributed by atoms with Crippen LogP contribution in [0, 0.1) is 23.7 Å². The van der Waals surface area contributed by atoms with Gasteiger partial charge in [-0.3, -0.25) is 9.89 Å². The third-order valence-corrected chi connectivity index (χ3v) is 7.05. The molecule has 3 heterocycles. The highest BCUT2D eigenvalue weighted by Gasteiger charge is 2.60. The van der Waals surface area contributed by atoms with Crippen molar-refractivity contribution in [1.29, 1.82) is 0 Å². The molecule has 140 valence electrons. The van der Waals surface area contributed by atoms with Crippen molar-refractivity contribution in [3.8, 4) is 0 Å². The van der Waals surface area contributed by atoms with Gasteiger partial charge in [0.1, 0.15) is 11.3 Å². The number of likely N-dealkylation sites (tertiary alicyclic amines) is 1. The molecule has 0 bridgehead atoms. The number of fused-ring (bicyclic) bond motifs is 1. The summed E-state index contributed by atoms with van der Waals surface area (Å²) in [6, 6.07) is 1.98. The number of aromatic nitrogens is 2. The van der Waals surface area contributed by atoms with Gasteiger partial charge in [-0.1, -0.05) is 18.5 Å². The minimum absolute atomic E-state index is 0.0733. The van der Waals surface area contributed by atoms with Crippen molar-refractivity contribution in [3.63, 3.8) is 0 Å². The van der Waals surface area contributed by atoms with Crippen LogP contribution >= 0.6 is 0 Å². The molecule has 5 rings (SSSR count). The second kappa shape index (κ2) is 5.57. The van der Waals surface area contributed by atoms with Crippen LogP contribution in [-0.2, 0) is 4.84 Å². The summed E-state index contributed by atoms with van der Waals surface area (Å²) in [6.07, 6.45) is 4.84. The van der Waals surface area contributed by atoms with Crippen LogP contribution in [0.15, 0.2) is 11.2 Å². The Morgan fingerprint density at radius 1 is 1.35 bits per heavy atom. The monoisotopic (exact) mass is 356 g/mol. The molecule has 0 radical (unpaired) electrons. The number of carbonyl (C=O) groups excluding carboxylic acids is 1. The second-order valence-corrected chi connectivity index (χ2v) is 9.36. The summed E-state index contributed by atoms with van der Waals surface area (Å²) in [6.45, 7) is 8.06. The van der Waals surface area contributed by atoms with Gasteiger partial charge in [-0.25, -0.2) is 0 Å². The molecule has 2 aliphatic heterocycles. The Morgan fingerprint density at radius 2 is 2.08 bits per heavy atom. The molecule has 1 N–H and O–H groups in total. The predicted molar refractivity (Wildman–Crippen MR) is 97.9 cm³/mol. The summed E-state index contributed by atoms with van der Waals surface area (Å²) < 4.78 is 0. The third-order valence-electron chi connectivity index (χ3n) is 7.05. The molecule has 4 aliphatic rings. The lowest BCUT2D eigenvalue weighted by molar-refractivity contribution is 0.0123. The van der Waals surface area contributed by atoms with E-state index in [9.17, 15) is 4.79 Å². The standard InChI is InChI=1S/C20H28N4O2/c1-11(12-5-4-6-12)15-7-16(22-21-15)19(25)24-9-13-14(10-24)18(13)17-8-20(2,3)26-23-17/h7,11-14,18H,4-6,8-10H2,1-3H3,(H,21,22)/t11?,13-,14+,18?. The van der Waals surface area contributed by atoms with Crippen molar-refractivity contribution < 1.29 is 9.63 Å². The van der Waals surface area contributed by atoms with Crippen molar-refractivity contribution in [1.82, 2.24) is 15.1 Å². The van der Waals surface area contributed by atoms with Crippen LogP contribution in [0.3, 0.4) is 0 Å². The molecular formula is C20H28N4O2. The summed E-state index contributed by atoms with van der Waals surface area (Å²) in [5.74, 6) is 2.93. The summed E-state index contributed by atoms with van der Waals surface area (Å²) in [4.78, 5) is 20.3. The maximum absolute atomic E-state index is 12.8.